The van der Waals surface area contributed by atoms with Crippen LogP contribution in [0, 0.1) is 12.8 Å². The normalized spacial score (nSPS) is 12.6. The van der Waals surface area contributed by atoms with Crippen LogP contribution in [-0.2, 0) is 11.3 Å². The fourth-order valence-corrected chi connectivity index (χ4v) is 1.89. The smallest absolute Gasteiger partial charge is 0.236 e. The number of amides is 1. The van der Waals surface area contributed by atoms with E-state index in [0.29, 0.717) is 12.5 Å². The van der Waals surface area contributed by atoms with Crippen molar-refractivity contribution in [1.29, 1.82) is 0 Å². The summed E-state index contributed by atoms with van der Waals surface area (Å²) in [5.41, 5.74) is 2.40. The first kappa shape index (κ1) is 14.2. The van der Waals surface area contributed by atoms with Gasteiger partial charge >= 0.3 is 0 Å². The van der Waals surface area contributed by atoms with Gasteiger partial charge in [-0.2, -0.15) is 0 Å². The Balaban J connectivity index is 2.63. The van der Waals surface area contributed by atoms with Gasteiger partial charge in [0.1, 0.15) is 0 Å². The first-order valence-electron chi connectivity index (χ1n) is 5.86. The van der Waals surface area contributed by atoms with Gasteiger partial charge in [0.25, 0.3) is 0 Å². The minimum absolute atomic E-state index is 0.0991. The first-order chi connectivity index (χ1) is 7.91. The minimum Gasteiger partial charge on any atom is -0.340 e. The zero-order valence-corrected chi connectivity index (χ0v) is 12.5. The number of rotatable bonds is 4. The maximum absolute atomic E-state index is 12.0. The monoisotopic (exact) mass is 297 g/mol. The van der Waals surface area contributed by atoms with Gasteiger partial charge in [0.05, 0.1) is 4.83 Å². The quantitative estimate of drug-likeness (QED) is 0.780. The first-order valence-corrected chi connectivity index (χ1v) is 6.78. The number of halogens is 1. The number of benzene rings is 1. The summed E-state index contributed by atoms with van der Waals surface area (Å²) in [6.07, 6.45) is 0. The molecule has 0 aliphatic heterocycles. The molecule has 94 valence electrons. The molecule has 0 spiro atoms. The third-order valence-corrected chi connectivity index (χ3v) is 4.19. The summed E-state index contributed by atoms with van der Waals surface area (Å²) in [7, 11) is 1.85. The van der Waals surface area contributed by atoms with Gasteiger partial charge in [0, 0.05) is 13.6 Å². The van der Waals surface area contributed by atoms with E-state index in [4.69, 9.17) is 0 Å². The van der Waals surface area contributed by atoms with Crippen LogP contribution in [0.1, 0.15) is 25.0 Å². The molecule has 0 saturated carbocycles. The van der Waals surface area contributed by atoms with Crippen LogP contribution >= 0.6 is 15.9 Å². The standard InChI is InChI=1S/C14H20BrNO/c1-10(2)13(15)14(17)16(4)9-12-7-5-11(3)6-8-12/h5-8,10,13H,9H2,1-4H3. The van der Waals surface area contributed by atoms with Crippen LogP contribution in [-0.4, -0.2) is 22.7 Å². The van der Waals surface area contributed by atoms with E-state index in [1.165, 1.54) is 5.56 Å². The van der Waals surface area contributed by atoms with Gasteiger partial charge in [0.2, 0.25) is 5.91 Å². The Morgan fingerprint density at radius 1 is 1.29 bits per heavy atom. The fraction of sp³-hybridized carbons (Fsp3) is 0.500. The molecule has 17 heavy (non-hydrogen) atoms. The lowest BCUT2D eigenvalue weighted by Gasteiger charge is -2.22. The van der Waals surface area contributed by atoms with Gasteiger partial charge in [-0.05, 0) is 18.4 Å². The van der Waals surface area contributed by atoms with Crippen LogP contribution in [0.5, 0.6) is 0 Å². The Morgan fingerprint density at radius 3 is 2.29 bits per heavy atom. The zero-order chi connectivity index (χ0) is 13.0. The SMILES string of the molecule is Cc1ccc(CN(C)C(=O)C(Br)C(C)C)cc1. The van der Waals surface area contributed by atoms with Crippen molar-refractivity contribution in [3.05, 3.63) is 35.4 Å². The largest absolute Gasteiger partial charge is 0.340 e. The number of carbonyl (C=O) groups excluding carboxylic acids is 1. The second-order valence-corrected chi connectivity index (χ2v) is 5.81. The number of hydrogen-bond donors (Lipinski definition) is 0. The average molecular weight is 298 g/mol. The Hall–Kier alpha value is -0.830. The van der Waals surface area contributed by atoms with Gasteiger partial charge in [-0.1, -0.05) is 59.6 Å². The third kappa shape index (κ3) is 4.15. The van der Waals surface area contributed by atoms with Gasteiger partial charge in [-0.15, -0.1) is 0 Å². The molecule has 0 fully saturated rings. The van der Waals surface area contributed by atoms with Crippen molar-refractivity contribution in [1.82, 2.24) is 4.90 Å². The van der Waals surface area contributed by atoms with Crippen molar-refractivity contribution in [2.24, 2.45) is 5.92 Å². The average Bonchev–Trinajstić information content (AvgIpc) is 2.30. The number of nitrogens with zero attached hydrogens (tertiary/aromatic N) is 1. The number of alkyl halides is 1. The van der Waals surface area contributed by atoms with Crippen LogP contribution in [0.3, 0.4) is 0 Å². The van der Waals surface area contributed by atoms with Crippen molar-refractivity contribution < 1.29 is 4.79 Å². The molecule has 0 aliphatic rings. The van der Waals surface area contributed by atoms with Crippen molar-refractivity contribution in [2.75, 3.05) is 7.05 Å². The second kappa shape index (κ2) is 6.20. The third-order valence-electron chi connectivity index (χ3n) is 2.74. The van der Waals surface area contributed by atoms with Crippen LogP contribution in [0.25, 0.3) is 0 Å². The lowest BCUT2D eigenvalue weighted by Crippen LogP contribution is -2.35. The highest BCUT2D eigenvalue weighted by atomic mass is 79.9. The molecule has 1 amide bonds. The Bertz CT molecular complexity index is 372. The van der Waals surface area contributed by atoms with Crippen LogP contribution in [0.4, 0.5) is 0 Å². The highest BCUT2D eigenvalue weighted by Crippen LogP contribution is 2.16. The van der Waals surface area contributed by atoms with Crippen molar-refractivity contribution >= 4 is 21.8 Å². The topological polar surface area (TPSA) is 20.3 Å². The maximum atomic E-state index is 12.0. The van der Waals surface area contributed by atoms with E-state index in [0.717, 1.165) is 5.56 Å². The van der Waals surface area contributed by atoms with Gasteiger partial charge in [-0.3, -0.25) is 4.79 Å². The minimum atomic E-state index is -0.0991. The van der Waals surface area contributed by atoms with Crippen molar-refractivity contribution in [3.63, 3.8) is 0 Å². The molecule has 1 atom stereocenters. The van der Waals surface area contributed by atoms with E-state index in [1.54, 1.807) is 4.90 Å². The Labute approximate surface area is 112 Å². The highest BCUT2D eigenvalue weighted by molar-refractivity contribution is 9.10. The molecule has 0 heterocycles. The van der Waals surface area contributed by atoms with Gasteiger partial charge in [0.15, 0.2) is 0 Å². The molecule has 2 nitrogen and oxygen atoms in total. The molecule has 0 saturated heterocycles. The molecular formula is C14H20BrNO. The molecule has 0 aliphatic carbocycles. The Kier molecular flexibility index (Phi) is 5.19. The molecule has 1 rings (SSSR count). The van der Waals surface area contributed by atoms with Crippen LogP contribution < -0.4 is 0 Å². The van der Waals surface area contributed by atoms with E-state index in [-0.39, 0.29) is 10.7 Å². The summed E-state index contributed by atoms with van der Waals surface area (Å²) in [5, 5.41) is 0. The van der Waals surface area contributed by atoms with Crippen molar-refractivity contribution in [3.8, 4) is 0 Å². The molecule has 0 radical (unpaired) electrons. The maximum Gasteiger partial charge on any atom is 0.236 e. The van der Waals surface area contributed by atoms with E-state index >= 15 is 0 Å². The van der Waals surface area contributed by atoms with E-state index < -0.39 is 0 Å². The molecule has 1 aromatic carbocycles. The molecular weight excluding hydrogens is 278 g/mol. The predicted molar refractivity (Wildman–Crippen MR) is 75.2 cm³/mol. The van der Waals surface area contributed by atoms with E-state index in [2.05, 4.69) is 47.1 Å². The molecule has 0 bridgehead atoms. The molecule has 0 aromatic heterocycles. The van der Waals surface area contributed by atoms with Crippen LogP contribution in [0.15, 0.2) is 24.3 Å². The number of aryl methyl sites for hydroxylation is 1. The summed E-state index contributed by atoms with van der Waals surface area (Å²) >= 11 is 3.44. The molecule has 0 N–H and O–H groups in total. The molecule has 3 heteroatoms. The number of hydrogen-bond acceptors (Lipinski definition) is 1. The lowest BCUT2D eigenvalue weighted by molar-refractivity contribution is -0.130. The number of carbonyl (C=O) groups is 1. The summed E-state index contributed by atoms with van der Waals surface area (Å²) in [6.45, 7) is 6.80. The van der Waals surface area contributed by atoms with E-state index in [9.17, 15) is 4.79 Å². The zero-order valence-electron chi connectivity index (χ0n) is 10.9. The molecule has 1 unspecified atom stereocenters. The van der Waals surface area contributed by atoms with Gasteiger partial charge in [-0.25, -0.2) is 0 Å². The lowest BCUT2D eigenvalue weighted by atomic mass is 10.1. The fourth-order valence-electron chi connectivity index (χ4n) is 1.54. The Morgan fingerprint density at radius 2 is 1.82 bits per heavy atom. The molecule has 1 aromatic rings. The predicted octanol–water partition coefficient (Wildman–Crippen LogP) is 3.37. The summed E-state index contributed by atoms with van der Waals surface area (Å²) in [5.74, 6) is 0.448. The van der Waals surface area contributed by atoms with Crippen molar-refractivity contribution in [2.45, 2.75) is 32.1 Å². The summed E-state index contributed by atoms with van der Waals surface area (Å²) in [4.78, 5) is 13.7. The summed E-state index contributed by atoms with van der Waals surface area (Å²) in [6, 6.07) is 8.28. The summed E-state index contributed by atoms with van der Waals surface area (Å²) < 4.78 is 0. The van der Waals surface area contributed by atoms with Crippen LogP contribution in [0.2, 0.25) is 0 Å². The second-order valence-electron chi connectivity index (χ2n) is 4.83. The van der Waals surface area contributed by atoms with Gasteiger partial charge < -0.3 is 4.90 Å². The highest BCUT2D eigenvalue weighted by Gasteiger charge is 2.22. The van der Waals surface area contributed by atoms with E-state index in [1.807, 2.05) is 20.9 Å².